The van der Waals surface area contributed by atoms with Gasteiger partial charge in [-0.1, -0.05) is 6.07 Å². The Hall–Kier alpha value is -2.74. The zero-order valence-electron chi connectivity index (χ0n) is 15.6. The topological polar surface area (TPSA) is 97.4 Å². The summed E-state index contributed by atoms with van der Waals surface area (Å²) in [6, 6.07) is 3.91. The Morgan fingerprint density at radius 2 is 2.07 bits per heavy atom. The highest BCUT2D eigenvalue weighted by Crippen LogP contribution is 2.27. The van der Waals surface area contributed by atoms with Crippen LogP contribution >= 0.6 is 0 Å². The molecule has 1 fully saturated rings. The maximum Gasteiger partial charge on any atom is 0.237 e. The molecule has 3 rings (SSSR count). The molecule has 2 aromatic heterocycles. The van der Waals surface area contributed by atoms with Gasteiger partial charge < -0.3 is 15.2 Å². The van der Waals surface area contributed by atoms with Crippen LogP contribution in [0.3, 0.4) is 0 Å². The number of carbonyl (C=O) groups is 2. The van der Waals surface area contributed by atoms with E-state index in [2.05, 4.69) is 9.97 Å². The van der Waals surface area contributed by atoms with Crippen molar-refractivity contribution >= 4 is 11.8 Å². The van der Waals surface area contributed by atoms with Crippen molar-refractivity contribution in [2.75, 3.05) is 26.7 Å². The first-order valence-corrected chi connectivity index (χ1v) is 9.17. The summed E-state index contributed by atoms with van der Waals surface area (Å²) in [4.78, 5) is 36.2. The molecule has 0 saturated carbocycles. The van der Waals surface area contributed by atoms with E-state index in [1.165, 1.54) is 0 Å². The number of aromatic nitrogens is 3. The minimum atomic E-state index is -0.376. The van der Waals surface area contributed by atoms with Crippen molar-refractivity contribution in [2.24, 2.45) is 5.73 Å². The Kier molecular flexibility index (Phi) is 6.18. The van der Waals surface area contributed by atoms with Gasteiger partial charge in [0.1, 0.15) is 12.4 Å². The van der Waals surface area contributed by atoms with Crippen LogP contribution in [-0.4, -0.2) is 62.8 Å². The van der Waals surface area contributed by atoms with Gasteiger partial charge in [0, 0.05) is 50.3 Å². The Morgan fingerprint density at radius 3 is 2.74 bits per heavy atom. The highest BCUT2D eigenvalue weighted by Gasteiger charge is 2.27. The molecule has 3 heterocycles. The first-order valence-electron chi connectivity index (χ1n) is 9.17. The molecule has 144 valence electrons. The number of primary amides is 1. The van der Waals surface area contributed by atoms with Gasteiger partial charge in [0.2, 0.25) is 11.8 Å². The Labute approximate surface area is 159 Å². The SMILES string of the molecule is CN(CC(=O)N1CCC(c2nccn2CC(N)=O)CC1)Cc1cccnc1. The molecule has 0 bridgehead atoms. The Bertz CT molecular complexity index is 768. The van der Waals surface area contributed by atoms with Crippen LogP contribution in [0.4, 0.5) is 0 Å². The molecule has 0 radical (unpaired) electrons. The maximum atomic E-state index is 12.6. The number of nitrogens with zero attached hydrogens (tertiary/aromatic N) is 5. The third-order valence-electron chi connectivity index (χ3n) is 4.87. The van der Waals surface area contributed by atoms with E-state index >= 15 is 0 Å². The number of likely N-dealkylation sites (N-methyl/N-ethyl adjacent to an activating group) is 1. The molecule has 0 unspecified atom stereocenters. The molecule has 1 aliphatic heterocycles. The smallest absolute Gasteiger partial charge is 0.237 e. The molecular formula is C19H26N6O2. The van der Waals surface area contributed by atoms with Gasteiger partial charge in [-0.25, -0.2) is 4.98 Å². The van der Waals surface area contributed by atoms with Crippen LogP contribution in [-0.2, 0) is 22.7 Å². The number of nitrogens with two attached hydrogens (primary N) is 1. The number of pyridine rings is 1. The van der Waals surface area contributed by atoms with Crippen LogP contribution in [0.2, 0.25) is 0 Å². The van der Waals surface area contributed by atoms with E-state index in [1.807, 2.05) is 39.7 Å². The normalized spacial score (nSPS) is 15.3. The second kappa shape index (κ2) is 8.77. The molecule has 0 aromatic carbocycles. The summed E-state index contributed by atoms with van der Waals surface area (Å²) in [6.45, 7) is 2.63. The van der Waals surface area contributed by atoms with Gasteiger partial charge in [0.05, 0.1) is 6.54 Å². The summed E-state index contributed by atoms with van der Waals surface area (Å²) in [7, 11) is 1.94. The summed E-state index contributed by atoms with van der Waals surface area (Å²) < 4.78 is 1.81. The minimum absolute atomic E-state index is 0.139. The van der Waals surface area contributed by atoms with Crippen LogP contribution in [0.25, 0.3) is 0 Å². The first kappa shape index (κ1) is 19.0. The van der Waals surface area contributed by atoms with Gasteiger partial charge in [-0.05, 0) is 31.5 Å². The molecule has 0 atom stereocenters. The monoisotopic (exact) mass is 370 g/mol. The molecule has 27 heavy (non-hydrogen) atoms. The predicted molar refractivity (Wildman–Crippen MR) is 101 cm³/mol. The van der Waals surface area contributed by atoms with Gasteiger partial charge in [0.25, 0.3) is 0 Å². The van der Waals surface area contributed by atoms with Crippen LogP contribution in [0, 0.1) is 0 Å². The zero-order chi connectivity index (χ0) is 19.2. The average molecular weight is 370 g/mol. The van der Waals surface area contributed by atoms with Crippen molar-refractivity contribution < 1.29 is 9.59 Å². The number of amides is 2. The average Bonchev–Trinajstić information content (AvgIpc) is 3.10. The predicted octanol–water partition coefficient (Wildman–Crippen LogP) is 0.601. The zero-order valence-corrected chi connectivity index (χ0v) is 15.6. The summed E-state index contributed by atoms with van der Waals surface area (Å²) in [6.07, 6.45) is 8.73. The molecule has 8 heteroatoms. The van der Waals surface area contributed by atoms with E-state index in [4.69, 9.17) is 5.73 Å². The van der Waals surface area contributed by atoms with Crippen LogP contribution in [0.15, 0.2) is 36.9 Å². The lowest BCUT2D eigenvalue weighted by atomic mass is 9.95. The summed E-state index contributed by atoms with van der Waals surface area (Å²) >= 11 is 0. The van der Waals surface area contributed by atoms with E-state index in [1.54, 1.807) is 18.6 Å². The van der Waals surface area contributed by atoms with Gasteiger partial charge in [-0.2, -0.15) is 0 Å². The summed E-state index contributed by atoms with van der Waals surface area (Å²) in [5, 5.41) is 0. The van der Waals surface area contributed by atoms with E-state index < -0.39 is 0 Å². The van der Waals surface area contributed by atoms with E-state index in [0.29, 0.717) is 26.2 Å². The van der Waals surface area contributed by atoms with E-state index in [9.17, 15) is 9.59 Å². The number of carbonyl (C=O) groups excluding carboxylic acids is 2. The van der Waals surface area contributed by atoms with Crippen LogP contribution in [0.5, 0.6) is 0 Å². The molecule has 2 aromatic rings. The van der Waals surface area contributed by atoms with Crippen LogP contribution < -0.4 is 5.73 Å². The number of imidazole rings is 1. The maximum absolute atomic E-state index is 12.6. The molecule has 1 aliphatic rings. The first-order chi connectivity index (χ1) is 13.0. The third kappa shape index (κ3) is 5.13. The van der Waals surface area contributed by atoms with Crippen molar-refractivity contribution in [3.05, 3.63) is 48.3 Å². The fourth-order valence-corrected chi connectivity index (χ4v) is 3.56. The molecule has 8 nitrogen and oxygen atoms in total. The molecule has 2 N–H and O–H groups in total. The lowest BCUT2D eigenvalue weighted by Crippen LogP contribution is -2.43. The van der Waals surface area contributed by atoms with E-state index in [-0.39, 0.29) is 24.3 Å². The molecule has 2 amide bonds. The number of hydrogen-bond donors (Lipinski definition) is 1. The quantitative estimate of drug-likeness (QED) is 0.770. The van der Waals surface area contributed by atoms with Gasteiger partial charge in [0.15, 0.2) is 0 Å². The van der Waals surface area contributed by atoms with Crippen molar-refractivity contribution in [1.82, 2.24) is 24.3 Å². The number of rotatable bonds is 7. The number of hydrogen-bond acceptors (Lipinski definition) is 5. The molecule has 0 aliphatic carbocycles. The van der Waals surface area contributed by atoms with Gasteiger partial charge >= 0.3 is 0 Å². The lowest BCUT2D eigenvalue weighted by molar-refractivity contribution is -0.133. The molecule has 0 spiro atoms. The van der Waals surface area contributed by atoms with Crippen molar-refractivity contribution in [3.8, 4) is 0 Å². The summed E-state index contributed by atoms with van der Waals surface area (Å²) in [5.41, 5.74) is 6.39. The number of piperidine rings is 1. The van der Waals surface area contributed by atoms with Crippen molar-refractivity contribution in [1.29, 1.82) is 0 Å². The summed E-state index contributed by atoms with van der Waals surface area (Å²) in [5.74, 6) is 0.893. The van der Waals surface area contributed by atoms with Crippen molar-refractivity contribution in [3.63, 3.8) is 0 Å². The third-order valence-corrected chi connectivity index (χ3v) is 4.87. The fourth-order valence-electron chi connectivity index (χ4n) is 3.56. The molecular weight excluding hydrogens is 344 g/mol. The standard InChI is InChI=1S/C19H26N6O2/c1-23(12-15-3-2-6-21-11-15)14-18(27)24-8-4-16(5-9-24)19-22-7-10-25(19)13-17(20)26/h2-3,6-7,10-11,16H,4-5,8-9,12-14H2,1H3,(H2,20,26). The second-order valence-corrected chi connectivity index (χ2v) is 7.07. The largest absolute Gasteiger partial charge is 0.368 e. The Morgan fingerprint density at radius 1 is 1.30 bits per heavy atom. The Balaban J connectivity index is 1.49. The van der Waals surface area contributed by atoms with E-state index in [0.717, 1.165) is 24.2 Å². The minimum Gasteiger partial charge on any atom is -0.368 e. The number of likely N-dealkylation sites (tertiary alicyclic amines) is 1. The van der Waals surface area contributed by atoms with Gasteiger partial charge in [-0.15, -0.1) is 0 Å². The molecule has 1 saturated heterocycles. The lowest BCUT2D eigenvalue weighted by Gasteiger charge is -2.33. The van der Waals surface area contributed by atoms with Gasteiger partial charge in [-0.3, -0.25) is 19.5 Å². The fraction of sp³-hybridized carbons (Fsp3) is 0.474. The van der Waals surface area contributed by atoms with Crippen LogP contribution in [0.1, 0.15) is 30.1 Å². The second-order valence-electron chi connectivity index (χ2n) is 7.07. The highest BCUT2D eigenvalue weighted by molar-refractivity contribution is 5.78. The van der Waals surface area contributed by atoms with Crippen molar-refractivity contribution in [2.45, 2.75) is 31.8 Å². The highest BCUT2D eigenvalue weighted by atomic mass is 16.2.